The lowest BCUT2D eigenvalue weighted by molar-refractivity contribution is -0.885. The van der Waals surface area contributed by atoms with E-state index in [1.54, 1.807) is 0 Å². The van der Waals surface area contributed by atoms with Crippen LogP contribution in [-0.4, -0.2) is 32.0 Å². The topological polar surface area (TPSA) is 62.6 Å². The molecule has 156 valence electrons. The van der Waals surface area contributed by atoms with Crippen molar-refractivity contribution in [1.29, 1.82) is 0 Å². The molecular formula is C22H28F2N3O2+. The number of hydrogen-bond acceptors (Lipinski definition) is 2. The van der Waals surface area contributed by atoms with Crippen LogP contribution in [0.25, 0.3) is 0 Å². The fourth-order valence-electron chi connectivity index (χ4n) is 2.83. The van der Waals surface area contributed by atoms with Gasteiger partial charge in [-0.05, 0) is 23.1 Å². The van der Waals surface area contributed by atoms with Gasteiger partial charge in [-0.25, -0.2) is 8.78 Å². The second kappa shape index (κ2) is 9.60. The Morgan fingerprint density at radius 3 is 2.21 bits per heavy atom. The maximum Gasteiger partial charge on any atom is 0.275 e. The van der Waals surface area contributed by atoms with Gasteiger partial charge in [-0.3, -0.25) is 9.59 Å². The number of amides is 2. The van der Waals surface area contributed by atoms with Crippen LogP contribution >= 0.6 is 0 Å². The van der Waals surface area contributed by atoms with E-state index in [1.165, 1.54) is 11.6 Å². The van der Waals surface area contributed by atoms with Crippen molar-refractivity contribution in [3.05, 3.63) is 65.2 Å². The highest BCUT2D eigenvalue weighted by atomic mass is 19.2. The molecule has 2 aromatic rings. The smallest absolute Gasteiger partial charge is 0.275 e. The van der Waals surface area contributed by atoms with Gasteiger partial charge in [0.15, 0.2) is 18.2 Å². The summed E-state index contributed by atoms with van der Waals surface area (Å²) < 4.78 is 26.0. The summed E-state index contributed by atoms with van der Waals surface area (Å²) in [6.45, 7) is 7.12. The van der Waals surface area contributed by atoms with E-state index < -0.39 is 17.5 Å². The summed E-state index contributed by atoms with van der Waals surface area (Å²) in [6, 6.07) is 11.4. The first-order valence-corrected chi connectivity index (χ1v) is 9.47. The number of carbonyl (C=O) groups excluding carboxylic acids is 2. The van der Waals surface area contributed by atoms with Gasteiger partial charge in [0.05, 0.1) is 13.6 Å². The molecule has 7 heteroatoms. The highest BCUT2D eigenvalue weighted by Crippen LogP contribution is 2.21. The van der Waals surface area contributed by atoms with Crippen molar-refractivity contribution in [3.63, 3.8) is 0 Å². The van der Waals surface area contributed by atoms with E-state index in [1.807, 2.05) is 7.05 Å². The van der Waals surface area contributed by atoms with E-state index >= 15 is 0 Å². The predicted molar refractivity (Wildman–Crippen MR) is 109 cm³/mol. The van der Waals surface area contributed by atoms with E-state index in [0.29, 0.717) is 6.54 Å². The Hall–Kier alpha value is -2.80. The first kappa shape index (κ1) is 22.5. The van der Waals surface area contributed by atoms with E-state index in [2.05, 4.69) is 55.7 Å². The van der Waals surface area contributed by atoms with Gasteiger partial charge in [0.1, 0.15) is 6.54 Å². The first-order valence-electron chi connectivity index (χ1n) is 9.47. The number of quaternary nitrogens is 1. The molecule has 0 spiro atoms. The summed E-state index contributed by atoms with van der Waals surface area (Å²) in [5.74, 6) is -2.82. The third-order valence-electron chi connectivity index (χ3n) is 4.44. The van der Waals surface area contributed by atoms with Gasteiger partial charge in [-0.2, -0.15) is 0 Å². The minimum atomic E-state index is -1.05. The lowest BCUT2D eigenvalue weighted by Gasteiger charge is -2.19. The van der Waals surface area contributed by atoms with Crippen LogP contribution in [0.5, 0.6) is 0 Å². The molecule has 2 amide bonds. The van der Waals surface area contributed by atoms with Crippen molar-refractivity contribution >= 4 is 17.5 Å². The molecule has 0 saturated carbocycles. The minimum Gasteiger partial charge on any atom is -0.342 e. The zero-order chi connectivity index (χ0) is 21.6. The first-order chi connectivity index (χ1) is 13.5. The molecule has 3 N–H and O–H groups in total. The molecular weight excluding hydrogens is 376 g/mol. The van der Waals surface area contributed by atoms with Crippen LogP contribution in [0, 0.1) is 11.6 Å². The Balaban J connectivity index is 1.76. The lowest BCUT2D eigenvalue weighted by Crippen LogP contribution is -3.08. The molecule has 5 nitrogen and oxygen atoms in total. The summed E-state index contributed by atoms with van der Waals surface area (Å²) in [5, 5.41) is 4.94. The molecule has 0 bridgehead atoms. The average Bonchev–Trinajstić information content (AvgIpc) is 2.62. The van der Waals surface area contributed by atoms with Crippen LogP contribution in [-0.2, 0) is 21.5 Å². The van der Waals surface area contributed by atoms with Gasteiger partial charge in [-0.15, -0.1) is 0 Å². The third kappa shape index (κ3) is 7.27. The summed E-state index contributed by atoms with van der Waals surface area (Å²) >= 11 is 0. The van der Waals surface area contributed by atoms with E-state index in [0.717, 1.165) is 22.6 Å². The number of benzene rings is 2. The molecule has 0 heterocycles. The van der Waals surface area contributed by atoms with Crippen LogP contribution in [0.1, 0.15) is 31.9 Å². The highest BCUT2D eigenvalue weighted by Gasteiger charge is 2.15. The predicted octanol–water partition coefficient (Wildman–Crippen LogP) is 2.03. The molecule has 0 radical (unpaired) electrons. The second-order valence-electron chi connectivity index (χ2n) is 8.21. The summed E-state index contributed by atoms with van der Waals surface area (Å²) in [7, 11) is 1.90. The standard InChI is InChI=1S/C22H27F2N3O2/c1-22(2,3)16-7-5-15(6-8-16)13-27(4)14-21(29)25-12-20(28)26-17-9-10-18(23)19(24)11-17/h5-11H,12-14H2,1-4H3,(H,25,29)(H,26,28)/p+1. The van der Waals surface area contributed by atoms with Crippen molar-refractivity contribution in [2.24, 2.45) is 0 Å². The zero-order valence-electron chi connectivity index (χ0n) is 17.2. The minimum absolute atomic E-state index is 0.0947. The van der Waals surface area contributed by atoms with Gasteiger partial charge in [0, 0.05) is 17.3 Å². The molecule has 0 aliphatic carbocycles. The molecule has 0 saturated heterocycles. The van der Waals surface area contributed by atoms with Gasteiger partial charge < -0.3 is 15.5 Å². The molecule has 29 heavy (non-hydrogen) atoms. The van der Waals surface area contributed by atoms with E-state index in [-0.39, 0.29) is 30.1 Å². The lowest BCUT2D eigenvalue weighted by atomic mass is 9.87. The number of carbonyl (C=O) groups is 2. The second-order valence-corrected chi connectivity index (χ2v) is 8.21. The van der Waals surface area contributed by atoms with Gasteiger partial charge >= 0.3 is 0 Å². The Morgan fingerprint density at radius 2 is 1.62 bits per heavy atom. The van der Waals surface area contributed by atoms with Crippen molar-refractivity contribution in [2.75, 3.05) is 25.5 Å². The zero-order valence-corrected chi connectivity index (χ0v) is 17.2. The highest BCUT2D eigenvalue weighted by molar-refractivity contribution is 5.94. The van der Waals surface area contributed by atoms with Gasteiger partial charge in [-0.1, -0.05) is 45.0 Å². The molecule has 0 aliphatic heterocycles. The largest absolute Gasteiger partial charge is 0.342 e. The Labute approximate surface area is 170 Å². The van der Waals surface area contributed by atoms with Crippen molar-refractivity contribution in [2.45, 2.75) is 32.7 Å². The molecule has 0 aromatic heterocycles. The van der Waals surface area contributed by atoms with Crippen LogP contribution in [0.15, 0.2) is 42.5 Å². The molecule has 0 fully saturated rings. The normalized spacial score (nSPS) is 12.3. The van der Waals surface area contributed by atoms with E-state index in [9.17, 15) is 18.4 Å². The molecule has 1 atom stereocenters. The van der Waals surface area contributed by atoms with Crippen molar-refractivity contribution < 1.29 is 23.3 Å². The number of anilines is 1. The average molecular weight is 404 g/mol. The molecule has 0 aliphatic rings. The number of nitrogens with one attached hydrogen (secondary N) is 3. The fraction of sp³-hybridized carbons (Fsp3) is 0.364. The van der Waals surface area contributed by atoms with Crippen LogP contribution < -0.4 is 15.5 Å². The van der Waals surface area contributed by atoms with Gasteiger partial charge in [0.25, 0.3) is 5.91 Å². The summed E-state index contributed by atoms with van der Waals surface area (Å²) in [6.07, 6.45) is 0. The maximum absolute atomic E-state index is 13.1. The van der Waals surface area contributed by atoms with Crippen LogP contribution in [0.4, 0.5) is 14.5 Å². The van der Waals surface area contributed by atoms with Gasteiger partial charge in [0.2, 0.25) is 5.91 Å². The Kier molecular flexibility index (Phi) is 7.45. The Bertz CT molecular complexity index is 861. The number of halogens is 2. The summed E-state index contributed by atoms with van der Waals surface area (Å²) in [5.41, 5.74) is 2.60. The van der Waals surface area contributed by atoms with E-state index in [4.69, 9.17) is 0 Å². The quantitative estimate of drug-likeness (QED) is 0.661. The molecule has 2 aromatic carbocycles. The summed E-state index contributed by atoms with van der Waals surface area (Å²) in [4.78, 5) is 24.9. The SMILES string of the molecule is C[NH+](CC(=O)NCC(=O)Nc1ccc(F)c(F)c1)Cc1ccc(C(C)(C)C)cc1. The van der Waals surface area contributed by atoms with Crippen molar-refractivity contribution in [1.82, 2.24) is 5.32 Å². The maximum atomic E-state index is 13.1. The van der Waals surface area contributed by atoms with Crippen LogP contribution in [0.2, 0.25) is 0 Å². The number of likely N-dealkylation sites (N-methyl/N-ethyl adjacent to an activating group) is 1. The monoisotopic (exact) mass is 404 g/mol. The number of rotatable bonds is 7. The Morgan fingerprint density at radius 1 is 0.966 bits per heavy atom. The molecule has 1 unspecified atom stereocenters. The van der Waals surface area contributed by atoms with Crippen molar-refractivity contribution in [3.8, 4) is 0 Å². The molecule has 2 rings (SSSR count). The third-order valence-corrected chi connectivity index (χ3v) is 4.44. The fourth-order valence-corrected chi connectivity index (χ4v) is 2.83. The van der Waals surface area contributed by atoms with Crippen LogP contribution in [0.3, 0.4) is 0 Å². The number of hydrogen-bond donors (Lipinski definition) is 3.